The zero-order valence-corrected chi connectivity index (χ0v) is 15.4. The molecule has 3 N–H and O–H groups in total. The van der Waals surface area contributed by atoms with Gasteiger partial charge in [-0.1, -0.05) is 30.0 Å². The first-order chi connectivity index (χ1) is 13.0. The van der Waals surface area contributed by atoms with E-state index in [4.69, 9.17) is 5.73 Å². The summed E-state index contributed by atoms with van der Waals surface area (Å²) in [6.07, 6.45) is 1.55. The number of nitrogens with zero attached hydrogens (tertiary/aromatic N) is 3. The van der Waals surface area contributed by atoms with Crippen molar-refractivity contribution in [3.05, 3.63) is 59.7 Å². The van der Waals surface area contributed by atoms with E-state index in [0.717, 1.165) is 22.9 Å². The number of imide groups is 1. The summed E-state index contributed by atoms with van der Waals surface area (Å²) in [6, 6.07) is 13.7. The summed E-state index contributed by atoms with van der Waals surface area (Å²) in [6.45, 7) is 1.85. The third-order valence-corrected chi connectivity index (χ3v) is 4.96. The molecule has 0 spiro atoms. The highest BCUT2D eigenvalue weighted by Crippen LogP contribution is 2.31. The van der Waals surface area contributed by atoms with E-state index in [-0.39, 0.29) is 29.2 Å². The number of nitrogens with two attached hydrogens (primary N) is 1. The van der Waals surface area contributed by atoms with E-state index in [1.54, 1.807) is 24.3 Å². The van der Waals surface area contributed by atoms with Crippen LogP contribution in [-0.2, 0) is 9.59 Å². The summed E-state index contributed by atoms with van der Waals surface area (Å²) < 4.78 is 0. The van der Waals surface area contributed by atoms with Crippen LogP contribution in [0.3, 0.4) is 0 Å². The van der Waals surface area contributed by atoms with E-state index in [0.29, 0.717) is 5.69 Å². The summed E-state index contributed by atoms with van der Waals surface area (Å²) in [5.41, 5.74) is 8.03. The van der Waals surface area contributed by atoms with Gasteiger partial charge in [-0.15, -0.1) is 5.10 Å². The standard InChI is InChI=1S/C19H18N4O3S/c1-12-4-2-3-5-15(12)23-17(25)10-16(18(23)26)27-19(20)22-21-11-13-6-8-14(24)9-7-13/h2-9,11,16,24H,10H2,1H3,(H2,20,22)/b21-11+. The van der Waals surface area contributed by atoms with Crippen molar-refractivity contribution in [3.8, 4) is 5.75 Å². The molecule has 2 aromatic carbocycles. The molecule has 0 aliphatic carbocycles. The van der Waals surface area contributed by atoms with Crippen LogP contribution in [0, 0.1) is 6.92 Å². The summed E-state index contributed by atoms with van der Waals surface area (Å²) in [4.78, 5) is 26.2. The fourth-order valence-electron chi connectivity index (χ4n) is 2.65. The molecule has 27 heavy (non-hydrogen) atoms. The predicted molar refractivity (Wildman–Crippen MR) is 107 cm³/mol. The quantitative estimate of drug-likeness (QED) is 0.365. The van der Waals surface area contributed by atoms with Crippen molar-refractivity contribution in [2.75, 3.05) is 4.90 Å². The third kappa shape index (κ3) is 4.35. The molecule has 1 saturated heterocycles. The second-order valence-electron chi connectivity index (χ2n) is 5.94. The maximum absolute atomic E-state index is 12.6. The highest BCUT2D eigenvalue weighted by Gasteiger charge is 2.41. The van der Waals surface area contributed by atoms with E-state index in [2.05, 4.69) is 10.2 Å². The molecule has 0 radical (unpaired) electrons. The van der Waals surface area contributed by atoms with Crippen molar-refractivity contribution >= 4 is 40.6 Å². The van der Waals surface area contributed by atoms with E-state index in [9.17, 15) is 14.7 Å². The minimum atomic E-state index is -0.621. The number of rotatable bonds is 4. The molecule has 0 aromatic heterocycles. The molecular weight excluding hydrogens is 364 g/mol. The van der Waals surface area contributed by atoms with Crippen molar-refractivity contribution in [1.29, 1.82) is 0 Å². The Morgan fingerprint density at radius 3 is 2.63 bits per heavy atom. The maximum atomic E-state index is 12.6. The second-order valence-corrected chi connectivity index (χ2v) is 7.16. The molecule has 2 amide bonds. The number of hydrogen-bond acceptors (Lipinski definition) is 6. The second kappa shape index (κ2) is 8.05. The number of phenols is 1. The Bertz CT molecular complexity index is 925. The van der Waals surface area contributed by atoms with E-state index in [1.165, 1.54) is 23.2 Å². The van der Waals surface area contributed by atoms with Crippen LogP contribution in [0.5, 0.6) is 5.75 Å². The zero-order chi connectivity index (χ0) is 19.4. The number of thioether (sulfide) groups is 1. The lowest BCUT2D eigenvalue weighted by molar-refractivity contribution is -0.121. The van der Waals surface area contributed by atoms with Crippen LogP contribution in [0.1, 0.15) is 17.5 Å². The van der Waals surface area contributed by atoms with E-state index < -0.39 is 5.25 Å². The zero-order valence-electron chi connectivity index (χ0n) is 14.6. The first-order valence-corrected chi connectivity index (χ1v) is 9.08. The fourth-order valence-corrected chi connectivity index (χ4v) is 3.46. The fraction of sp³-hybridized carbons (Fsp3) is 0.158. The third-order valence-electron chi connectivity index (χ3n) is 3.98. The van der Waals surface area contributed by atoms with Gasteiger partial charge < -0.3 is 10.8 Å². The number of phenolic OH excluding ortho intramolecular Hbond substituents is 1. The molecule has 2 aromatic rings. The summed E-state index contributed by atoms with van der Waals surface area (Å²) in [5.74, 6) is -0.402. The Morgan fingerprint density at radius 2 is 1.93 bits per heavy atom. The Hall–Kier alpha value is -3.13. The normalized spacial score (nSPS) is 17.9. The SMILES string of the molecule is Cc1ccccc1N1C(=O)CC(S/C(N)=N/N=C/c2ccc(O)cc2)C1=O. The van der Waals surface area contributed by atoms with Crippen molar-refractivity contribution in [2.45, 2.75) is 18.6 Å². The molecule has 1 aliphatic rings. The molecule has 3 rings (SSSR count). The molecule has 7 nitrogen and oxygen atoms in total. The lowest BCUT2D eigenvalue weighted by Crippen LogP contribution is -2.32. The van der Waals surface area contributed by atoms with E-state index in [1.807, 2.05) is 19.1 Å². The average molecular weight is 382 g/mol. The lowest BCUT2D eigenvalue weighted by Gasteiger charge is -2.16. The van der Waals surface area contributed by atoms with Crippen LogP contribution in [0.25, 0.3) is 0 Å². The number of carbonyl (C=O) groups is 2. The molecule has 138 valence electrons. The first-order valence-electron chi connectivity index (χ1n) is 8.20. The highest BCUT2D eigenvalue weighted by molar-refractivity contribution is 8.14. The van der Waals surface area contributed by atoms with Gasteiger partial charge in [0, 0.05) is 6.42 Å². The highest BCUT2D eigenvalue weighted by atomic mass is 32.2. The lowest BCUT2D eigenvalue weighted by atomic mass is 10.2. The van der Waals surface area contributed by atoms with Crippen LogP contribution < -0.4 is 10.6 Å². The Morgan fingerprint density at radius 1 is 1.22 bits per heavy atom. The van der Waals surface area contributed by atoms with Gasteiger partial charge in [0.1, 0.15) is 11.0 Å². The molecule has 1 fully saturated rings. The molecule has 1 unspecified atom stereocenters. The number of amides is 2. The Balaban J connectivity index is 1.67. The number of para-hydroxylation sites is 1. The van der Waals surface area contributed by atoms with Gasteiger partial charge in [0.2, 0.25) is 11.8 Å². The van der Waals surface area contributed by atoms with Gasteiger partial charge >= 0.3 is 0 Å². The first kappa shape index (κ1) is 18.7. The molecular formula is C19H18N4O3S. The molecule has 8 heteroatoms. The number of hydrogen-bond donors (Lipinski definition) is 2. The van der Waals surface area contributed by atoms with Crippen molar-refractivity contribution in [3.63, 3.8) is 0 Å². The van der Waals surface area contributed by atoms with Crippen LogP contribution in [-0.4, -0.2) is 33.6 Å². The number of amidine groups is 1. The minimum Gasteiger partial charge on any atom is -0.508 e. The molecule has 1 aliphatic heterocycles. The molecule has 1 atom stereocenters. The summed E-state index contributed by atoms with van der Waals surface area (Å²) in [5, 5.41) is 16.5. The van der Waals surface area contributed by atoms with Crippen LogP contribution in [0.2, 0.25) is 0 Å². The van der Waals surface area contributed by atoms with Gasteiger partial charge in [0.25, 0.3) is 0 Å². The summed E-state index contributed by atoms with van der Waals surface area (Å²) in [7, 11) is 0. The van der Waals surface area contributed by atoms with Crippen molar-refractivity contribution < 1.29 is 14.7 Å². The molecule has 0 saturated carbocycles. The molecule has 0 bridgehead atoms. The number of anilines is 1. The largest absolute Gasteiger partial charge is 0.508 e. The van der Waals surface area contributed by atoms with Gasteiger partial charge in [-0.3, -0.25) is 9.59 Å². The number of aryl methyl sites for hydroxylation is 1. The van der Waals surface area contributed by atoms with Crippen LogP contribution in [0.15, 0.2) is 58.7 Å². The number of benzene rings is 2. The number of aromatic hydroxyl groups is 1. The van der Waals surface area contributed by atoms with Crippen LogP contribution in [0.4, 0.5) is 5.69 Å². The summed E-state index contributed by atoms with van der Waals surface area (Å²) >= 11 is 1.02. The monoisotopic (exact) mass is 382 g/mol. The average Bonchev–Trinajstić information content (AvgIpc) is 2.91. The molecule has 1 heterocycles. The predicted octanol–water partition coefficient (Wildman–Crippen LogP) is 2.41. The maximum Gasteiger partial charge on any atom is 0.247 e. The van der Waals surface area contributed by atoms with Gasteiger partial charge in [-0.05, 0) is 48.4 Å². The van der Waals surface area contributed by atoms with E-state index >= 15 is 0 Å². The van der Waals surface area contributed by atoms with Crippen molar-refractivity contribution in [1.82, 2.24) is 0 Å². The van der Waals surface area contributed by atoms with Gasteiger partial charge in [-0.25, -0.2) is 4.90 Å². The van der Waals surface area contributed by atoms with Crippen molar-refractivity contribution in [2.24, 2.45) is 15.9 Å². The van der Waals surface area contributed by atoms with Gasteiger partial charge in [-0.2, -0.15) is 5.10 Å². The van der Waals surface area contributed by atoms with Gasteiger partial charge in [0.15, 0.2) is 5.17 Å². The minimum absolute atomic E-state index is 0.0652. The topological polar surface area (TPSA) is 108 Å². The number of carbonyl (C=O) groups excluding carboxylic acids is 2. The van der Waals surface area contributed by atoms with Crippen LogP contribution >= 0.6 is 11.8 Å². The smallest absolute Gasteiger partial charge is 0.247 e. The van der Waals surface area contributed by atoms with Gasteiger partial charge in [0.05, 0.1) is 11.9 Å². The Labute approximate surface area is 160 Å². The Kier molecular flexibility index (Phi) is 5.56.